The van der Waals surface area contributed by atoms with Crippen molar-refractivity contribution in [2.24, 2.45) is 5.73 Å². The lowest BCUT2D eigenvalue weighted by atomic mass is 10.0. The van der Waals surface area contributed by atoms with Gasteiger partial charge in [0.2, 0.25) is 0 Å². The molecule has 100 valence electrons. The van der Waals surface area contributed by atoms with Crippen LogP contribution in [0.1, 0.15) is 18.9 Å². The third-order valence-corrected chi connectivity index (χ3v) is 4.09. The van der Waals surface area contributed by atoms with E-state index in [1.807, 2.05) is 0 Å². The van der Waals surface area contributed by atoms with Gasteiger partial charge in [0.25, 0.3) is 0 Å². The summed E-state index contributed by atoms with van der Waals surface area (Å²) in [6.07, 6.45) is 1.07. The van der Waals surface area contributed by atoms with E-state index in [1.54, 1.807) is 0 Å². The van der Waals surface area contributed by atoms with Crippen LogP contribution in [0.25, 0.3) is 0 Å². The summed E-state index contributed by atoms with van der Waals surface area (Å²) in [4.78, 5) is 4.96. The van der Waals surface area contributed by atoms with Gasteiger partial charge in [-0.05, 0) is 46.0 Å². The molecule has 2 N–H and O–H groups in total. The molecule has 0 radical (unpaired) electrons. The van der Waals surface area contributed by atoms with Crippen molar-refractivity contribution in [3.8, 4) is 0 Å². The van der Waals surface area contributed by atoms with Gasteiger partial charge < -0.3 is 10.6 Å². The molecule has 0 saturated carbocycles. The van der Waals surface area contributed by atoms with E-state index in [9.17, 15) is 0 Å². The second-order valence-corrected chi connectivity index (χ2v) is 5.49. The van der Waals surface area contributed by atoms with E-state index in [0.29, 0.717) is 12.1 Å². The lowest BCUT2D eigenvalue weighted by Crippen LogP contribution is -2.56. The quantitative estimate of drug-likeness (QED) is 0.885. The van der Waals surface area contributed by atoms with E-state index < -0.39 is 0 Å². The van der Waals surface area contributed by atoms with Crippen LogP contribution in [0.15, 0.2) is 24.3 Å². The monoisotopic (exact) mass is 247 g/mol. The van der Waals surface area contributed by atoms with Crippen LogP contribution in [0.4, 0.5) is 5.69 Å². The van der Waals surface area contributed by atoms with Crippen LogP contribution in [0.5, 0.6) is 0 Å². The summed E-state index contributed by atoms with van der Waals surface area (Å²) in [5.41, 5.74) is 8.38. The molecule has 0 bridgehead atoms. The first-order chi connectivity index (χ1) is 8.61. The Kier molecular flexibility index (Phi) is 4.25. The Bertz CT molecular complexity index is 374. The smallest absolute Gasteiger partial charge is 0.0367 e. The van der Waals surface area contributed by atoms with Crippen molar-refractivity contribution in [3.63, 3.8) is 0 Å². The third-order valence-electron chi connectivity index (χ3n) is 4.09. The molecule has 2 rings (SSSR count). The molecule has 3 nitrogen and oxygen atoms in total. The molecule has 1 saturated heterocycles. The van der Waals surface area contributed by atoms with Gasteiger partial charge in [-0.1, -0.05) is 17.7 Å². The fraction of sp³-hybridized carbons (Fsp3) is 0.600. The van der Waals surface area contributed by atoms with E-state index in [1.165, 1.54) is 11.3 Å². The molecule has 2 unspecified atom stereocenters. The van der Waals surface area contributed by atoms with Crippen LogP contribution in [0.3, 0.4) is 0 Å². The lowest BCUT2D eigenvalue weighted by molar-refractivity contribution is 0.152. The van der Waals surface area contributed by atoms with Crippen LogP contribution in [0, 0.1) is 6.92 Å². The number of benzene rings is 1. The molecule has 0 aliphatic carbocycles. The van der Waals surface area contributed by atoms with Gasteiger partial charge in [-0.3, -0.25) is 4.90 Å². The van der Waals surface area contributed by atoms with E-state index >= 15 is 0 Å². The Hall–Kier alpha value is -1.06. The molecule has 1 aliphatic rings. The zero-order valence-corrected chi connectivity index (χ0v) is 11.8. The van der Waals surface area contributed by atoms with Crippen LogP contribution >= 0.6 is 0 Å². The van der Waals surface area contributed by atoms with Crippen molar-refractivity contribution in [3.05, 3.63) is 29.8 Å². The summed E-state index contributed by atoms with van der Waals surface area (Å²) in [6, 6.07) is 9.99. The summed E-state index contributed by atoms with van der Waals surface area (Å²) in [7, 11) is 2.22. The Labute approximate surface area is 111 Å². The maximum absolute atomic E-state index is 5.73. The number of anilines is 1. The van der Waals surface area contributed by atoms with Gasteiger partial charge in [0, 0.05) is 30.9 Å². The topological polar surface area (TPSA) is 32.5 Å². The highest BCUT2D eigenvalue weighted by molar-refractivity contribution is 5.48. The molecule has 1 aromatic carbocycles. The molecule has 3 heteroatoms. The largest absolute Gasteiger partial charge is 0.368 e. The van der Waals surface area contributed by atoms with Crippen LogP contribution in [0.2, 0.25) is 0 Å². The van der Waals surface area contributed by atoms with E-state index in [2.05, 4.69) is 55.0 Å². The SMILES string of the molecule is Cc1ccc(N2CC(C)N(C)C(CCN)C2)cc1. The summed E-state index contributed by atoms with van der Waals surface area (Å²) in [5, 5.41) is 0. The summed E-state index contributed by atoms with van der Waals surface area (Å²) in [6.45, 7) is 7.38. The number of hydrogen-bond acceptors (Lipinski definition) is 3. The first-order valence-electron chi connectivity index (χ1n) is 6.85. The van der Waals surface area contributed by atoms with Gasteiger partial charge in [-0.25, -0.2) is 0 Å². The third kappa shape index (κ3) is 2.85. The molecule has 1 fully saturated rings. The Morgan fingerprint density at radius 1 is 1.22 bits per heavy atom. The van der Waals surface area contributed by atoms with Gasteiger partial charge in [0.15, 0.2) is 0 Å². The minimum atomic E-state index is 0.569. The number of nitrogens with zero attached hydrogens (tertiary/aromatic N) is 2. The van der Waals surface area contributed by atoms with Crippen molar-refractivity contribution < 1.29 is 0 Å². The number of hydrogen-bond donors (Lipinski definition) is 1. The summed E-state index contributed by atoms with van der Waals surface area (Å²) >= 11 is 0. The molecule has 0 spiro atoms. The predicted octanol–water partition coefficient (Wildman–Crippen LogP) is 1.85. The molecular weight excluding hydrogens is 222 g/mol. The summed E-state index contributed by atoms with van der Waals surface area (Å²) < 4.78 is 0. The Morgan fingerprint density at radius 3 is 2.50 bits per heavy atom. The predicted molar refractivity (Wildman–Crippen MR) is 78.1 cm³/mol. The van der Waals surface area contributed by atoms with Crippen LogP contribution < -0.4 is 10.6 Å². The molecule has 1 heterocycles. The molecule has 18 heavy (non-hydrogen) atoms. The molecule has 0 aromatic heterocycles. The second-order valence-electron chi connectivity index (χ2n) is 5.49. The van der Waals surface area contributed by atoms with Crippen LogP contribution in [-0.2, 0) is 0 Å². The van der Waals surface area contributed by atoms with E-state index in [4.69, 9.17) is 5.73 Å². The van der Waals surface area contributed by atoms with Crippen molar-refractivity contribution in [1.29, 1.82) is 0 Å². The highest BCUT2D eigenvalue weighted by Gasteiger charge is 2.28. The minimum Gasteiger partial charge on any atom is -0.368 e. The van der Waals surface area contributed by atoms with Gasteiger partial charge in [0.05, 0.1) is 0 Å². The number of nitrogens with two attached hydrogens (primary N) is 1. The van der Waals surface area contributed by atoms with Crippen molar-refractivity contribution >= 4 is 5.69 Å². The molecular formula is C15H25N3. The Morgan fingerprint density at radius 2 is 1.89 bits per heavy atom. The average Bonchev–Trinajstić information content (AvgIpc) is 2.36. The first kappa shape index (κ1) is 13.4. The number of piperazine rings is 1. The standard InChI is InChI=1S/C15H25N3/c1-12-4-6-14(7-5-12)18-10-13(2)17(3)15(11-18)8-9-16/h4-7,13,15H,8-11,16H2,1-3H3. The zero-order chi connectivity index (χ0) is 13.1. The highest BCUT2D eigenvalue weighted by atomic mass is 15.3. The Balaban J connectivity index is 2.12. The van der Waals surface area contributed by atoms with E-state index in [0.717, 1.165) is 26.1 Å². The second kappa shape index (κ2) is 5.72. The average molecular weight is 247 g/mol. The maximum atomic E-state index is 5.73. The minimum absolute atomic E-state index is 0.569. The van der Waals surface area contributed by atoms with Gasteiger partial charge in [-0.2, -0.15) is 0 Å². The lowest BCUT2D eigenvalue weighted by Gasteiger charge is -2.45. The molecule has 1 aliphatic heterocycles. The molecule has 0 amide bonds. The van der Waals surface area contributed by atoms with E-state index in [-0.39, 0.29) is 0 Å². The number of likely N-dealkylation sites (N-methyl/N-ethyl adjacent to an activating group) is 1. The number of rotatable bonds is 3. The molecule has 2 atom stereocenters. The van der Waals surface area contributed by atoms with Crippen molar-refractivity contribution in [2.45, 2.75) is 32.4 Å². The van der Waals surface area contributed by atoms with Gasteiger partial charge in [0.1, 0.15) is 0 Å². The highest BCUT2D eigenvalue weighted by Crippen LogP contribution is 2.22. The fourth-order valence-electron chi connectivity index (χ4n) is 2.72. The van der Waals surface area contributed by atoms with Crippen molar-refractivity contribution in [2.75, 3.05) is 31.6 Å². The van der Waals surface area contributed by atoms with Gasteiger partial charge in [-0.15, -0.1) is 0 Å². The first-order valence-corrected chi connectivity index (χ1v) is 6.85. The maximum Gasteiger partial charge on any atom is 0.0367 e. The fourth-order valence-corrected chi connectivity index (χ4v) is 2.72. The molecule has 1 aromatic rings. The van der Waals surface area contributed by atoms with Crippen molar-refractivity contribution in [1.82, 2.24) is 4.90 Å². The normalized spacial score (nSPS) is 25.4. The zero-order valence-electron chi connectivity index (χ0n) is 11.8. The van der Waals surface area contributed by atoms with Crippen LogP contribution in [-0.4, -0.2) is 43.7 Å². The van der Waals surface area contributed by atoms with Gasteiger partial charge >= 0.3 is 0 Å². The number of aryl methyl sites for hydroxylation is 1. The summed E-state index contributed by atoms with van der Waals surface area (Å²) in [5.74, 6) is 0.